The first kappa shape index (κ1) is 20.2. The van der Waals surface area contributed by atoms with Gasteiger partial charge in [-0.2, -0.15) is 13.2 Å². The zero-order valence-corrected chi connectivity index (χ0v) is 15.4. The predicted octanol–water partition coefficient (Wildman–Crippen LogP) is 3.41. The van der Waals surface area contributed by atoms with Crippen LogP contribution in [0.1, 0.15) is 24.0 Å². The fourth-order valence-corrected chi connectivity index (χ4v) is 3.61. The van der Waals surface area contributed by atoms with Crippen molar-refractivity contribution in [2.24, 2.45) is 0 Å². The number of aliphatic hydroxyl groups is 1. The van der Waals surface area contributed by atoms with Crippen molar-refractivity contribution in [3.63, 3.8) is 0 Å². The van der Waals surface area contributed by atoms with Gasteiger partial charge >= 0.3 is 11.5 Å². The van der Waals surface area contributed by atoms with Gasteiger partial charge < -0.3 is 10.4 Å². The van der Waals surface area contributed by atoms with Crippen molar-refractivity contribution in [2.75, 3.05) is 4.90 Å². The van der Waals surface area contributed by atoms with Gasteiger partial charge in [0.15, 0.2) is 0 Å². The number of thioether (sulfide) groups is 1. The molecule has 2 unspecified atom stereocenters. The van der Waals surface area contributed by atoms with Crippen LogP contribution < -0.4 is 10.2 Å². The van der Waals surface area contributed by atoms with E-state index >= 15 is 0 Å². The molecule has 0 radical (unpaired) electrons. The van der Waals surface area contributed by atoms with E-state index in [1.165, 1.54) is 36.7 Å². The molecule has 2 aromatic rings. The number of amides is 3. The first-order valence-electron chi connectivity index (χ1n) is 8.25. The van der Waals surface area contributed by atoms with E-state index in [-0.39, 0.29) is 29.0 Å². The molecule has 1 aliphatic heterocycles. The van der Waals surface area contributed by atoms with Gasteiger partial charge in [-0.15, -0.1) is 0 Å². The molecule has 10 heteroatoms. The van der Waals surface area contributed by atoms with Gasteiger partial charge in [0, 0.05) is 23.2 Å². The standard InChI is InChI=1S/C18H16F3N3O3S/c1-10(14-6-7-22-8-11(14)9-25)15-16(26)24(17(27)23-15)12-2-4-13(5-3-12)28-18(19,20)21/h2-8,10,15,25H,9H2,1H3,(H,23,27). The minimum Gasteiger partial charge on any atom is -0.392 e. The van der Waals surface area contributed by atoms with Crippen molar-refractivity contribution in [3.05, 3.63) is 53.9 Å². The van der Waals surface area contributed by atoms with Crippen LogP contribution >= 0.6 is 11.8 Å². The Morgan fingerprint density at radius 3 is 2.54 bits per heavy atom. The number of imide groups is 1. The molecule has 2 heterocycles. The maximum atomic E-state index is 12.8. The van der Waals surface area contributed by atoms with Crippen LogP contribution in [0.2, 0.25) is 0 Å². The van der Waals surface area contributed by atoms with Crippen LogP contribution in [0.15, 0.2) is 47.6 Å². The first-order chi connectivity index (χ1) is 13.2. The number of carbonyl (C=O) groups is 2. The second-order valence-corrected chi connectivity index (χ2v) is 7.30. The number of pyridine rings is 1. The summed E-state index contributed by atoms with van der Waals surface area (Å²) in [6, 6.07) is 5.15. The van der Waals surface area contributed by atoms with Gasteiger partial charge in [0.1, 0.15) is 6.04 Å². The number of hydrogen-bond acceptors (Lipinski definition) is 5. The van der Waals surface area contributed by atoms with Gasteiger partial charge in [-0.1, -0.05) is 6.92 Å². The van der Waals surface area contributed by atoms with Gasteiger partial charge in [-0.3, -0.25) is 9.78 Å². The fourth-order valence-electron chi connectivity index (χ4n) is 3.07. The van der Waals surface area contributed by atoms with Crippen LogP contribution in [0.4, 0.5) is 23.7 Å². The normalized spacial score (nSPS) is 18.3. The highest BCUT2D eigenvalue weighted by molar-refractivity contribution is 8.00. The van der Waals surface area contributed by atoms with Crippen molar-refractivity contribution in [2.45, 2.75) is 35.9 Å². The first-order valence-corrected chi connectivity index (χ1v) is 9.07. The molecule has 0 saturated carbocycles. The summed E-state index contributed by atoms with van der Waals surface area (Å²) in [7, 11) is 0. The summed E-state index contributed by atoms with van der Waals surface area (Å²) in [4.78, 5) is 30.0. The van der Waals surface area contributed by atoms with Crippen LogP contribution in [-0.4, -0.2) is 33.6 Å². The molecule has 1 aromatic carbocycles. The molecule has 0 bridgehead atoms. The molecule has 148 valence electrons. The number of aliphatic hydroxyl groups excluding tert-OH is 1. The quantitative estimate of drug-likeness (QED) is 0.582. The zero-order chi connectivity index (χ0) is 20.5. The molecule has 28 heavy (non-hydrogen) atoms. The Labute approximate surface area is 162 Å². The van der Waals surface area contributed by atoms with E-state index in [9.17, 15) is 27.9 Å². The van der Waals surface area contributed by atoms with Gasteiger partial charge in [-0.05, 0) is 53.2 Å². The average Bonchev–Trinajstić information content (AvgIpc) is 2.95. The summed E-state index contributed by atoms with van der Waals surface area (Å²) in [6.45, 7) is 1.48. The number of anilines is 1. The Kier molecular flexibility index (Phi) is 5.61. The summed E-state index contributed by atoms with van der Waals surface area (Å²) in [5.41, 5.74) is -3.02. The number of halogens is 3. The third-order valence-electron chi connectivity index (χ3n) is 4.40. The van der Waals surface area contributed by atoms with Crippen LogP contribution in [0.25, 0.3) is 0 Å². The van der Waals surface area contributed by atoms with Crippen molar-refractivity contribution >= 4 is 29.4 Å². The molecule has 2 atom stereocenters. The molecule has 1 fully saturated rings. The molecule has 3 rings (SSSR count). The average molecular weight is 411 g/mol. The maximum Gasteiger partial charge on any atom is 0.446 e. The van der Waals surface area contributed by atoms with E-state index in [1.807, 2.05) is 0 Å². The van der Waals surface area contributed by atoms with Gasteiger partial charge in [0.05, 0.1) is 12.3 Å². The van der Waals surface area contributed by atoms with Gasteiger partial charge in [0.25, 0.3) is 5.91 Å². The largest absolute Gasteiger partial charge is 0.446 e. The SMILES string of the molecule is CC(c1ccncc1CO)C1NC(=O)N(c2ccc(SC(F)(F)F)cc2)C1=O. The molecular formula is C18H16F3N3O3S. The molecule has 1 aromatic heterocycles. The summed E-state index contributed by atoms with van der Waals surface area (Å²) < 4.78 is 37.3. The summed E-state index contributed by atoms with van der Waals surface area (Å²) in [5, 5.41) is 12.1. The highest BCUT2D eigenvalue weighted by atomic mass is 32.2. The predicted molar refractivity (Wildman–Crippen MR) is 96.7 cm³/mol. The lowest BCUT2D eigenvalue weighted by molar-refractivity contribution is -0.118. The minimum absolute atomic E-state index is 0.0439. The molecule has 6 nitrogen and oxygen atoms in total. The van der Waals surface area contributed by atoms with E-state index in [4.69, 9.17) is 0 Å². The number of alkyl halides is 3. The number of nitrogens with one attached hydrogen (secondary N) is 1. The second kappa shape index (κ2) is 7.80. The van der Waals surface area contributed by atoms with Crippen LogP contribution in [0.3, 0.4) is 0 Å². The number of aromatic nitrogens is 1. The molecule has 1 aliphatic rings. The Balaban J connectivity index is 1.82. The van der Waals surface area contributed by atoms with Crippen LogP contribution in [-0.2, 0) is 11.4 Å². The molecule has 0 spiro atoms. The topological polar surface area (TPSA) is 82.5 Å². The number of urea groups is 1. The Bertz CT molecular complexity index is 890. The maximum absolute atomic E-state index is 12.8. The monoisotopic (exact) mass is 411 g/mol. The second-order valence-electron chi connectivity index (χ2n) is 6.16. The lowest BCUT2D eigenvalue weighted by Gasteiger charge is -2.20. The lowest BCUT2D eigenvalue weighted by Crippen LogP contribution is -2.35. The number of carbonyl (C=O) groups excluding carboxylic acids is 2. The van der Waals surface area contributed by atoms with Crippen molar-refractivity contribution in [3.8, 4) is 0 Å². The Morgan fingerprint density at radius 2 is 1.93 bits per heavy atom. The van der Waals surface area contributed by atoms with Crippen LogP contribution in [0.5, 0.6) is 0 Å². The van der Waals surface area contributed by atoms with E-state index < -0.39 is 29.4 Å². The number of benzene rings is 1. The van der Waals surface area contributed by atoms with E-state index in [2.05, 4.69) is 10.3 Å². The third kappa shape index (κ3) is 4.12. The lowest BCUT2D eigenvalue weighted by atomic mass is 9.91. The Hall–Kier alpha value is -2.59. The smallest absolute Gasteiger partial charge is 0.392 e. The molecule has 3 amide bonds. The third-order valence-corrected chi connectivity index (χ3v) is 5.14. The van der Waals surface area contributed by atoms with Gasteiger partial charge in [0.2, 0.25) is 0 Å². The highest BCUT2D eigenvalue weighted by Gasteiger charge is 2.42. The molecule has 0 aliphatic carbocycles. The van der Waals surface area contributed by atoms with Crippen molar-refractivity contribution < 1.29 is 27.9 Å². The van der Waals surface area contributed by atoms with E-state index in [1.54, 1.807) is 13.0 Å². The number of hydrogen-bond donors (Lipinski definition) is 2. The molecule has 1 saturated heterocycles. The molecular weight excluding hydrogens is 395 g/mol. The highest BCUT2D eigenvalue weighted by Crippen LogP contribution is 2.38. The number of rotatable bonds is 5. The summed E-state index contributed by atoms with van der Waals surface area (Å²) in [6.07, 6.45) is 3.02. The Morgan fingerprint density at radius 1 is 1.25 bits per heavy atom. The van der Waals surface area contributed by atoms with E-state index in [0.717, 1.165) is 4.90 Å². The minimum atomic E-state index is -4.42. The molecule has 2 N–H and O–H groups in total. The van der Waals surface area contributed by atoms with Gasteiger partial charge in [-0.25, -0.2) is 9.69 Å². The number of nitrogens with zero attached hydrogens (tertiary/aromatic N) is 2. The van der Waals surface area contributed by atoms with E-state index in [0.29, 0.717) is 11.1 Å². The summed E-state index contributed by atoms with van der Waals surface area (Å²) >= 11 is -0.273. The fraction of sp³-hybridized carbons (Fsp3) is 0.278. The summed E-state index contributed by atoms with van der Waals surface area (Å²) in [5.74, 6) is -0.957. The van der Waals surface area contributed by atoms with Crippen molar-refractivity contribution in [1.82, 2.24) is 10.3 Å². The zero-order valence-electron chi connectivity index (χ0n) is 14.6. The van der Waals surface area contributed by atoms with Crippen molar-refractivity contribution in [1.29, 1.82) is 0 Å². The van der Waals surface area contributed by atoms with Crippen LogP contribution in [0, 0.1) is 0 Å².